The Morgan fingerprint density at radius 2 is 1.76 bits per heavy atom. The molecular weight excluding hydrogens is 492 g/mol. The number of carbonyl (C=O) groups is 2. The van der Waals surface area contributed by atoms with Crippen LogP contribution in [0.4, 0.5) is 5.69 Å². The first-order valence-electron chi connectivity index (χ1n) is 11.2. The van der Waals surface area contributed by atoms with Crippen LogP contribution < -0.4 is 10.1 Å². The molecule has 0 radical (unpaired) electrons. The van der Waals surface area contributed by atoms with Crippen molar-refractivity contribution in [3.05, 3.63) is 87.9 Å². The number of esters is 1. The Kier molecular flexibility index (Phi) is 7.08. The van der Waals surface area contributed by atoms with Crippen LogP contribution >= 0.6 is 15.9 Å². The van der Waals surface area contributed by atoms with Gasteiger partial charge in [0.2, 0.25) is 0 Å². The van der Waals surface area contributed by atoms with Crippen LogP contribution in [0.3, 0.4) is 0 Å². The number of aromatic nitrogens is 1. The van der Waals surface area contributed by atoms with Crippen molar-refractivity contribution in [1.29, 1.82) is 0 Å². The van der Waals surface area contributed by atoms with Gasteiger partial charge >= 0.3 is 5.97 Å². The maximum Gasteiger partial charge on any atom is 0.311 e. The number of carbonyl (C=O) groups excluding carboxylic acids is 2. The Balaban J connectivity index is 1.82. The van der Waals surface area contributed by atoms with E-state index in [1.165, 1.54) is 0 Å². The number of nitrogens with zero attached hydrogens (tertiary/aromatic N) is 1. The van der Waals surface area contributed by atoms with Crippen molar-refractivity contribution < 1.29 is 14.3 Å². The predicted octanol–water partition coefficient (Wildman–Crippen LogP) is 7.24. The first kappa shape index (κ1) is 23.6. The minimum Gasteiger partial charge on any atom is -0.424 e. The Labute approximate surface area is 207 Å². The number of hydrogen-bond donors (Lipinski definition) is 1. The molecule has 0 aliphatic heterocycles. The second kappa shape index (κ2) is 10.2. The fourth-order valence-corrected chi connectivity index (χ4v) is 4.30. The standard InChI is InChI=1S/C28H25BrN2O3/c1-4-9-24(32)34-27-17(2)10-8-13-23(27)31-28(33)25-18(3)26(19-11-6-5-7-12-19)30-22-15-14-20(29)16-21(22)25/h5-8,10-16H,4,9H2,1-3H3,(H,31,33). The number of anilines is 1. The number of hydrogen-bond acceptors (Lipinski definition) is 4. The van der Waals surface area contributed by atoms with Gasteiger partial charge in [-0.2, -0.15) is 0 Å². The predicted molar refractivity (Wildman–Crippen MR) is 139 cm³/mol. The number of para-hydroxylation sites is 1. The van der Waals surface area contributed by atoms with E-state index in [9.17, 15) is 9.59 Å². The molecule has 0 fully saturated rings. The monoisotopic (exact) mass is 516 g/mol. The number of aryl methyl sites for hydroxylation is 1. The summed E-state index contributed by atoms with van der Waals surface area (Å²) in [5, 5.41) is 3.72. The van der Waals surface area contributed by atoms with Crippen LogP contribution in [-0.4, -0.2) is 16.9 Å². The summed E-state index contributed by atoms with van der Waals surface area (Å²) in [6.45, 7) is 5.67. The maximum absolute atomic E-state index is 13.7. The smallest absolute Gasteiger partial charge is 0.311 e. The highest BCUT2D eigenvalue weighted by Crippen LogP contribution is 2.34. The van der Waals surface area contributed by atoms with E-state index in [1.54, 1.807) is 6.07 Å². The highest BCUT2D eigenvalue weighted by Gasteiger charge is 2.21. The van der Waals surface area contributed by atoms with E-state index in [1.807, 2.05) is 81.4 Å². The molecule has 4 aromatic rings. The number of pyridine rings is 1. The fraction of sp³-hybridized carbons (Fsp3) is 0.179. The summed E-state index contributed by atoms with van der Waals surface area (Å²) in [5.74, 6) is -0.249. The molecule has 34 heavy (non-hydrogen) atoms. The molecule has 0 aliphatic rings. The van der Waals surface area contributed by atoms with Crippen LogP contribution in [0, 0.1) is 13.8 Å². The fourth-order valence-electron chi connectivity index (χ4n) is 3.94. The maximum atomic E-state index is 13.7. The van der Waals surface area contributed by atoms with E-state index in [2.05, 4.69) is 21.2 Å². The van der Waals surface area contributed by atoms with Gasteiger partial charge in [-0.05, 0) is 55.7 Å². The van der Waals surface area contributed by atoms with Gasteiger partial charge in [0.15, 0.2) is 5.75 Å². The lowest BCUT2D eigenvalue weighted by Gasteiger charge is -2.17. The van der Waals surface area contributed by atoms with E-state index in [4.69, 9.17) is 9.72 Å². The van der Waals surface area contributed by atoms with Crippen LogP contribution in [0.25, 0.3) is 22.2 Å². The van der Waals surface area contributed by atoms with E-state index in [-0.39, 0.29) is 11.9 Å². The molecule has 1 heterocycles. The SMILES string of the molecule is CCCC(=O)Oc1c(C)cccc1NC(=O)c1c(C)c(-c2ccccc2)nc2ccc(Br)cc12. The van der Waals surface area contributed by atoms with Gasteiger partial charge in [-0.25, -0.2) is 4.98 Å². The summed E-state index contributed by atoms with van der Waals surface area (Å²) in [6, 6.07) is 20.9. The summed E-state index contributed by atoms with van der Waals surface area (Å²) in [4.78, 5) is 30.8. The number of ether oxygens (including phenoxy) is 1. The number of rotatable bonds is 6. The van der Waals surface area contributed by atoms with E-state index in [0.29, 0.717) is 29.8 Å². The minimum atomic E-state index is -0.326. The minimum absolute atomic E-state index is 0.293. The molecule has 1 N–H and O–H groups in total. The van der Waals surface area contributed by atoms with Crippen LogP contribution in [-0.2, 0) is 4.79 Å². The molecule has 0 atom stereocenters. The van der Waals surface area contributed by atoms with Gasteiger partial charge in [0.05, 0.1) is 22.5 Å². The van der Waals surface area contributed by atoms with Gasteiger partial charge < -0.3 is 10.1 Å². The van der Waals surface area contributed by atoms with Crippen molar-refractivity contribution >= 4 is 44.4 Å². The molecule has 1 amide bonds. The van der Waals surface area contributed by atoms with Crippen LogP contribution in [0.15, 0.2) is 71.2 Å². The average Bonchev–Trinajstić information content (AvgIpc) is 2.81. The molecule has 0 saturated heterocycles. The summed E-state index contributed by atoms with van der Waals surface area (Å²) in [5.41, 5.74) is 4.92. The van der Waals surface area contributed by atoms with E-state index >= 15 is 0 Å². The molecule has 5 nitrogen and oxygen atoms in total. The number of amides is 1. The summed E-state index contributed by atoms with van der Waals surface area (Å²) < 4.78 is 6.46. The number of nitrogens with one attached hydrogen (secondary N) is 1. The van der Waals surface area contributed by atoms with Crippen molar-refractivity contribution in [2.75, 3.05) is 5.32 Å². The van der Waals surface area contributed by atoms with Crippen LogP contribution in [0.2, 0.25) is 0 Å². The largest absolute Gasteiger partial charge is 0.424 e. The molecule has 3 aromatic carbocycles. The zero-order valence-corrected chi connectivity index (χ0v) is 20.9. The quantitative estimate of drug-likeness (QED) is 0.216. The zero-order chi connectivity index (χ0) is 24.2. The molecule has 0 spiro atoms. The highest BCUT2D eigenvalue weighted by molar-refractivity contribution is 9.10. The second-order valence-corrected chi connectivity index (χ2v) is 9.03. The normalized spacial score (nSPS) is 10.8. The lowest BCUT2D eigenvalue weighted by atomic mass is 9.97. The Morgan fingerprint density at radius 3 is 2.50 bits per heavy atom. The first-order valence-corrected chi connectivity index (χ1v) is 11.9. The van der Waals surface area contributed by atoms with Gasteiger partial charge in [0, 0.05) is 21.8 Å². The molecule has 0 saturated carbocycles. The van der Waals surface area contributed by atoms with Crippen LogP contribution in [0.1, 0.15) is 41.3 Å². The molecule has 0 unspecified atom stereocenters. The number of benzene rings is 3. The first-order chi connectivity index (χ1) is 16.4. The number of fused-ring (bicyclic) bond motifs is 1. The molecule has 4 rings (SSSR count). The van der Waals surface area contributed by atoms with Crippen molar-refractivity contribution in [3.8, 4) is 17.0 Å². The van der Waals surface area contributed by atoms with Crippen molar-refractivity contribution in [2.24, 2.45) is 0 Å². The zero-order valence-electron chi connectivity index (χ0n) is 19.3. The van der Waals surface area contributed by atoms with Crippen molar-refractivity contribution in [2.45, 2.75) is 33.6 Å². The Bertz CT molecular complexity index is 1380. The highest BCUT2D eigenvalue weighted by atomic mass is 79.9. The van der Waals surface area contributed by atoms with Crippen molar-refractivity contribution in [1.82, 2.24) is 4.98 Å². The topological polar surface area (TPSA) is 68.3 Å². The van der Waals surface area contributed by atoms with Crippen molar-refractivity contribution in [3.63, 3.8) is 0 Å². The van der Waals surface area contributed by atoms with Gasteiger partial charge in [0.25, 0.3) is 5.91 Å². The molecule has 0 aliphatic carbocycles. The third kappa shape index (κ3) is 4.87. The second-order valence-electron chi connectivity index (χ2n) is 8.12. The van der Waals surface area contributed by atoms with E-state index < -0.39 is 0 Å². The summed E-state index contributed by atoms with van der Waals surface area (Å²) in [6.07, 6.45) is 0.996. The Morgan fingerprint density at radius 1 is 1.00 bits per heavy atom. The third-order valence-electron chi connectivity index (χ3n) is 5.59. The van der Waals surface area contributed by atoms with Crippen LogP contribution in [0.5, 0.6) is 5.75 Å². The average molecular weight is 517 g/mol. The lowest BCUT2D eigenvalue weighted by molar-refractivity contribution is -0.134. The summed E-state index contributed by atoms with van der Waals surface area (Å²) >= 11 is 3.52. The van der Waals surface area contributed by atoms with Gasteiger partial charge in [0.1, 0.15) is 0 Å². The van der Waals surface area contributed by atoms with Gasteiger partial charge in [-0.15, -0.1) is 0 Å². The molecule has 1 aromatic heterocycles. The number of halogens is 1. The van der Waals surface area contributed by atoms with Gasteiger partial charge in [-0.1, -0.05) is 65.3 Å². The van der Waals surface area contributed by atoms with Gasteiger partial charge in [-0.3, -0.25) is 9.59 Å². The third-order valence-corrected chi connectivity index (χ3v) is 6.09. The molecule has 172 valence electrons. The molecule has 6 heteroatoms. The summed E-state index contributed by atoms with van der Waals surface area (Å²) in [7, 11) is 0. The van der Waals surface area contributed by atoms with E-state index in [0.717, 1.165) is 37.8 Å². The lowest BCUT2D eigenvalue weighted by Crippen LogP contribution is -2.17. The molecular formula is C28H25BrN2O3. The molecule has 0 bridgehead atoms. The Hall–Kier alpha value is -3.51.